The second-order valence-corrected chi connectivity index (χ2v) is 5.55. The number of thiazole rings is 1. The zero-order chi connectivity index (χ0) is 10.7. The van der Waals surface area contributed by atoms with Gasteiger partial charge in [-0.3, -0.25) is 0 Å². The van der Waals surface area contributed by atoms with Gasteiger partial charge in [0, 0.05) is 17.6 Å². The highest BCUT2D eigenvalue weighted by Crippen LogP contribution is 2.26. The van der Waals surface area contributed by atoms with Crippen LogP contribution in [-0.2, 0) is 0 Å². The maximum absolute atomic E-state index is 4.36. The molecule has 84 valence electrons. The predicted octanol–water partition coefficient (Wildman–Crippen LogP) is 3.37. The van der Waals surface area contributed by atoms with Crippen molar-refractivity contribution in [3.05, 3.63) is 16.6 Å². The molecule has 0 amide bonds. The highest BCUT2D eigenvalue weighted by Gasteiger charge is 2.23. The van der Waals surface area contributed by atoms with Crippen LogP contribution in [0.15, 0.2) is 11.6 Å². The lowest BCUT2D eigenvalue weighted by molar-refractivity contribution is 0.263. The van der Waals surface area contributed by atoms with E-state index >= 15 is 0 Å². The van der Waals surface area contributed by atoms with Crippen molar-refractivity contribution in [2.24, 2.45) is 5.92 Å². The molecule has 1 N–H and O–H groups in total. The Hall–Kier alpha value is -0.410. The van der Waals surface area contributed by atoms with Crippen LogP contribution >= 0.6 is 11.3 Å². The van der Waals surface area contributed by atoms with Gasteiger partial charge in [-0.2, -0.15) is 0 Å². The lowest BCUT2D eigenvalue weighted by Crippen LogP contribution is -2.38. The van der Waals surface area contributed by atoms with Crippen LogP contribution in [0.4, 0.5) is 0 Å². The lowest BCUT2D eigenvalue weighted by Gasteiger charge is -2.31. The third-order valence-corrected chi connectivity index (χ3v) is 4.36. The molecule has 1 aromatic rings. The van der Waals surface area contributed by atoms with Crippen molar-refractivity contribution in [1.82, 2.24) is 10.3 Å². The van der Waals surface area contributed by atoms with Crippen LogP contribution in [0.25, 0.3) is 0 Å². The van der Waals surface area contributed by atoms with Gasteiger partial charge in [-0.1, -0.05) is 19.8 Å². The van der Waals surface area contributed by atoms with Gasteiger partial charge in [0.15, 0.2) is 0 Å². The lowest BCUT2D eigenvalue weighted by atomic mass is 9.85. The van der Waals surface area contributed by atoms with Gasteiger partial charge in [-0.25, -0.2) is 4.98 Å². The molecule has 15 heavy (non-hydrogen) atoms. The Morgan fingerprint density at radius 3 is 2.93 bits per heavy atom. The van der Waals surface area contributed by atoms with Crippen LogP contribution in [-0.4, -0.2) is 11.0 Å². The number of hydrogen-bond acceptors (Lipinski definition) is 3. The van der Waals surface area contributed by atoms with E-state index in [-0.39, 0.29) is 0 Å². The van der Waals surface area contributed by atoms with Gasteiger partial charge < -0.3 is 5.32 Å². The van der Waals surface area contributed by atoms with Crippen molar-refractivity contribution < 1.29 is 0 Å². The van der Waals surface area contributed by atoms with Crippen LogP contribution in [0.3, 0.4) is 0 Å². The average Bonchev–Trinajstić information content (AvgIpc) is 2.74. The largest absolute Gasteiger partial charge is 0.305 e. The van der Waals surface area contributed by atoms with E-state index in [4.69, 9.17) is 0 Å². The molecule has 1 saturated carbocycles. The summed E-state index contributed by atoms with van der Waals surface area (Å²) in [5, 5.41) is 6.99. The van der Waals surface area contributed by atoms with E-state index < -0.39 is 0 Å². The monoisotopic (exact) mass is 224 g/mol. The van der Waals surface area contributed by atoms with E-state index in [1.807, 2.05) is 6.20 Å². The molecule has 3 heteroatoms. The fraction of sp³-hybridized carbons (Fsp3) is 0.750. The highest BCUT2D eigenvalue weighted by atomic mass is 32.1. The number of rotatable bonds is 3. The van der Waals surface area contributed by atoms with E-state index in [1.165, 1.54) is 30.7 Å². The Bertz CT molecular complexity index is 284. The number of hydrogen-bond donors (Lipinski definition) is 1. The van der Waals surface area contributed by atoms with Gasteiger partial charge >= 0.3 is 0 Å². The molecule has 3 atom stereocenters. The average molecular weight is 224 g/mol. The van der Waals surface area contributed by atoms with E-state index in [2.05, 4.69) is 29.5 Å². The minimum Gasteiger partial charge on any atom is -0.305 e. The summed E-state index contributed by atoms with van der Waals surface area (Å²) in [5.41, 5.74) is 0. The molecule has 0 spiro atoms. The third kappa shape index (κ3) is 2.79. The fourth-order valence-corrected chi connectivity index (χ4v) is 3.06. The summed E-state index contributed by atoms with van der Waals surface area (Å²) >= 11 is 1.75. The van der Waals surface area contributed by atoms with Crippen molar-refractivity contribution in [2.45, 2.75) is 51.6 Å². The van der Waals surface area contributed by atoms with Crippen molar-refractivity contribution in [1.29, 1.82) is 0 Å². The molecule has 1 aliphatic rings. The molecule has 0 bridgehead atoms. The molecular formula is C12H20N2S. The van der Waals surface area contributed by atoms with Gasteiger partial charge in [0.1, 0.15) is 5.01 Å². The molecule has 1 heterocycles. The van der Waals surface area contributed by atoms with Crippen LogP contribution in [0.1, 0.15) is 50.6 Å². The SMILES string of the molecule is C[C@H](N[C@H]1CCCC[C@H]1C)c1nccs1. The van der Waals surface area contributed by atoms with Crippen molar-refractivity contribution in [2.75, 3.05) is 0 Å². The summed E-state index contributed by atoms with van der Waals surface area (Å²) in [7, 11) is 0. The molecule has 0 aromatic carbocycles. The maximum Gasteiger partial charge on any atom is 0.109 e. The normalized spacial score (nSPS) is 28.9. The summed E-state index contributed by atoms with van der Waals surface area (Å²) in [4.78, 5) is 4.36. The Kier molecular flexibility index (Phi) is 3.76. The Balaban J connectivity index is 1.90. The van der Waals surface area contributed by atoms with Gasteiger partial charge in [-0.15, -0.1) is 11.3 Å². The zero-order valence-corrected chi connectivity index (χ0v) is 10.4. The second-order valence-electron chi connectivity index (χ2n) is 4.63. The molecule has 0 unspecified atom stereocenters. The summed E-state index contributed by atoms with van der Waals surface area (Å²) < 4.78 is 0. The predicted molar refractivity (Wildman–Crippen MR) is 65.1 cm³/mol. The third-order valence-electron chi connectivity index (χ3n) is 3.40. The summed E-state index contributed by atoms with van der Waals surface area (Å²) in [5.74, 6) is 0.821. The van der Waals surface area contributed by atoms with Gasteiger partial charge in [0.05, 0.1) is 6.04 Å². The molecular weight excluding hydrogens is 204 g/mol. The first-order valence-corrected chi connectivity index (χ1v) is 6.81. The molecule has 0 radical (unpaired) electrons. The van der Waals surface area contributed by atoms with E-state index in [9.17, 15) is 0 Å². The van der Waals surface area contributed by atoms with Crippen LogP contribution < -0.4 is 5.32 Å². The molecule has 2 rings (SSSR count). The van der Waals surface area contributed by atoms with E-state index in [0.717, 1.165) is 5.92 Å². The highest BCUT2D eigenvalue weighted by molar-refractivity contribution is 7.09. The topological polar surface area (TPSA) is 24.9 Å². The Labute approximate surface area is 96.1 Å². The molecule has 0 saturated heterocycles. The number of aromatic nitrogens is 1. The number of nitrogens with zero attached hydrogens (tertiary/aromatic N) is 1. The second kappa shape index (κ2) is 5.08. The quantitative estimate of drug-likeness (QED) is 0.851. The van der Waals surface area contributed by atoms with Crippen molar-refractivity contribution in [3.8, 4) is 0 Å². The van der Waals surface area contributed by atoms with Gasteiger partial charge in [0.25, 0.3) is 0 Å². The van der Waals surface area contributed by atoms with E-state index in [1.54, 1.807) is 11.3 Å². The fourth-order valence-electron chi connectivity index (χ4n) is 2.40. The molecule has 1 aromatic heterocycles. The standard InChI is InChI=1S/C12H20N2S/c1-9-5-3-4-6-11(9)14-10(2)12-13-7-8-15-12/h7-11,14H,3-6H2,1-2H3/t9-,10+,11+/m1/s1. The summed E-state index contributed by atoms with van der Waals surface area (Å²) in [6.07, 6.45) is 7.39. The zero-order valence-electron chi connectivity index (χ0n) is 9.57. The van der Waals surface area contributed by atoms with E-state index in [0.29, 0.717) is 12.1 Å². The minimum absolute atomic E-state index is 0.413. The number of nitrogens with one attached hydrogen (secondary N) is 1. The first-order valence-electron chi connectivity index (χ1n) is 5.93. The molecule has 0 aliphatic heterocycles. The molecule has 1 aliphatic carbocycles. The maximum atomic E-state index is 4.36. The Morgan fingerprint density at radius 2 is 2.27 bits per heavy atom. The van der Waals surface area contributed by atoms with Crippen molar-refractivity contribution >= 4 is 11.3 Å². The Morgan fingerprint density at radius 1 is 1.47 bits per heavy atom. The summed E-state index contributed by atoms with van der Waals surface area (Å²) in [6, 6.07) is 1.10. The minimum atomic E-state index is 0.413. The van der Waals surface area contributed by atoms with Crippen molar-refractivity contribution in [3.63, 3.8) is 0 Å². The van der Waals surface area contributed by atoms with Gasteiger partial charge in [0.2, 0.25) is 0 Å². The van der Waals surface area contributed by atoms with Crippen LogP contribution in [0.5, 0.6) is 0 Å². The smallest absolute Gasteiger partial charge is 0.109 e. The van der Waals surface area contributed by atoms with Crippen LogP contribution in [0.2, 0.25) is 0 Å². The summed E-state index contributed by atoms with van der Waals surface area (Å²) in [6.45, 7) is 4.59. The first kappa shape index (κ1) is 11.1. The molecule has 1 fully saturated rings. The van der Waals surface area contributed by atoms with Gasteiger partial charge in [-0.05, 0) is 25.7 Å². The first-order chi connectivity index (χ1) is 7.27. The molecule has 2 nitrogen and oxygen atoms in total. The van der Waals surface area contributed by atoms with Crippen LogP contribution in [0, 0.1) is 5.92 Å².